The minimum atomic E-state index is -4.64. The van der Waals surface area contributed by atoms with Crippen molar-refractivity contribution in [3.05, 3.63) is 0 Å². The molecular weight excluding hydrogens is 277 g/mol. The Kier molecular flexibility index (Phi) is 12.5. The Bertz CT molecular complexity index is 57.8. The number of hydrogen-bond acceptors (Lipinski definition) is 1. The molecule has 0 aliphatic heterocycles. The standard InChI is InChI=1S/Cu.H3O4P.Sn.2H/c;1-5(2,3)4;;;/h;(H3,1,2,3,4);;;. The van der Waals surface area contributed by atoms with Crippen LogP contribution in [0.25, 0.3) is 0 Å². The Morgan fingerprint density at radius 1 is 1.14 bits per heavy atom. The van der Waals surface area contributed by atoms with Gasteiger partial charge in [-0.05, 0) is 0 Å². The maximum atomic E-state index is 8.88. The molecular formula is H5CuO4PSn. The van der Waals surface area contributed by atoms with E-state index in [1.54, 1.807) is 0 Å². The van der Waals surface area contributed by atoms with Crippen LogP contribution in [-0.2, 0) is 21.6 Å². The van der Waals surface area contributed by atoms with Gasteiger partial charge in [-0.2, -0.15) is 0 Å². The number of hydrogen-bond donors (Lipinski definition) is 3. The summed E-state index contributed by atoms with van der Waals surface area (Å²) in [6, 6.07) is 0. The first-order chi connectivity index (χ1) is 2.00. The zero-order valence-corrected chi connectivity index (χ0v) is 9.08. The van der Waals surface area contributed by atoms with Crippen LogP contribution in [-0.4, -0.2) is 38.6 Å². The van der Waals surface area contributed by atoms with Crippen molar-refractivity contribution in [3.8, 4) is 0 Å². The Labute approximate surface area is 68.0 Å². The van der Waals surface area contributed by atoms with Crippen molar-refractivity contribution in [2.45, 2.75) is 0 Å². The Morgan fingerprint density at radius 3 is 1.14 bits per heavy atom. The summed E-state index contributed by atoms with van der Waals surface area (Å²) in [6.07, 6.45) is 0. The first-order valence-corrected chi connectivity index (χ1v) is 2.35. The second kappa shape index (κ2) is 5.56. The van der Waals surface area contributed by atoms with Gasteiger partial charge in [0.25, 0.3) is 0 Å². The summed E-state index contributed by atoms with van der Waals surface area (Å²) < 4.78 is 8.88. The fourth-order valence-corrected chi connectivity index (χ4v) is 0. The normalized spacial score (nSPS) is 8.43. The summed E-state index contributed by atoms with van der Waals surface area (Å²) in [5.74, 6) is 0. The average Bonchev–Trinajstić information content (AvgIpc) is 0.722. The van der Waals surface area contributed by atoms with Gasteiger partial charge in [-0.1, -0.05) is 0 Å². The zero-order valence-electron chi connectivity index (χ0n) is 3.21. The molecule has 0 heterocycles. The molecule has 0 atom stereocenters. The molecule has 0 unspecified atom stereocenters. The molecule has 0 amide bonds. The van der Waals surface area contributed by atoms with Crippen LogP contribution in [0.5, 0.6) is 0 Å². The van der Waals surface area contributed by atoms with Gasteiger partial charge >= 0.3 is 31.7 Å². The Hall–Kier alpha value is 1.43. The van der Waals surface area contributed by atoms with E-state index >= 15 is 0 Å². The summed E-state index contributed by atoms with van der Waals surface area (Å²) in [5, 5.41) is 0. The molecule has 7 heavy (non-hydrogen) atoms. The van der Waals surface area contributed by atoms with Gasteiger partial charge in [0, 0.05) is 17.1 Å². The monoisotopic (exact) mass is 283 g/mol. The fourth-order valence-electron chi connectivity index (χ4n) is 0. The van der Waals surface area contributed by atoms with Gasteiger partial charge in [-0.25, -0.2) is 4.57 Å². The quantitative estimate of drug-likeness (QED) is 0.360. The van der Waals surface area contributed by atoms with Crippen LogP contribution in [0.3, 0.4) is 0 Å². The molecule has 0 saturated carbocycles. The first kappa shape index (κ1) is 15.8. The van der Waals surface area contributed by atoms with Crippen LogP contribution in [0.4, 0.5) is 0 Å². The first-order valence-electron chi connectivity index (χ1n) is 0.783. The van der Waals surface area contributed by atoms with E-state index in [4.69, 9.17) is 19.2 Å². The molecule has 0 aromatic rings. The maximum absolute atomic E-state index is 8.88. The van der Waals surface area contributed by atoms with E-state index < -0.39 is 7.82 Å². The SMILES string of the molecule is O=P(O)(O)O.[Cu].[SnH2]. The van der Waals surface area contributed by atoms with Crippen LogP contribution in [0, 0.1) is 0 Å². The van der Waals surface area contributed by atoms with Gasteiger partial charge in [0.2, 0.25) is 0 Å². The minimum absolute atomic E-state index is 0. The second-order valence-corrected chi connectivity index (χ2v) is 1.54. The summed E-state index contributed by atoms with van der Waals surface area (Å²) in [5.41, 5.74) is 0. The number of rotatable bonds is 0. The molecule has 0 fully saturated rings. The van der Waals surface area contributed by atoms with E-state index in [1.807, 2.05) is 0 Å². The topological polar surface area (TPSA) is 77.8 Å². The molecule has 0 aromatic heterocycles. The van der Waals surface area contributed by atoms with E-state index in [0.717, 1.165) is 0 Å². The molecule has 0 aliphatic carbocycles. The molecule has 0 aromatic carbocycles. The van der Waals surface area contributed by atoms with Crippen molar-refractivity contribution in [1.82, 2.24) is 0 Å². The third kappa shape index (κ3) is 107. The van der Waals surface area contributed by atoms with E-state index in [9.17, 15) is 0 Å². The van der Waals surface area contributed by atoms with E-state index in [1.165, 1.54) is 0 Å². The van der Waals surface area contributed by atoms with E-state index in [2.05, 4.69) is 0 Å². The predicted octanol–water partition coefficient (Wildman–Crippen LogP) is -1.85. The molecule has 0 rings (SSSR count). The van der Waals surface area contributed by atoms with Gasteiger partial charge < -0.3 is 14.7 Å². The van der Waals surface area contributed by atoms with Crippen molar-refractivity contribution in [3.63, 3.8) is 0 Å². The molecule has 3 radical (unpaired) electrons. The molecule has 7 heteroatoms. The van der Waals surface area contributed by atoms with E-state index in [0.29, 0.717) is 0 Å². The molecule has 0 bridgehead atoms. The van der Waals surface area contributed by atoms with Crippen LogP contribution in [0.2, 0.25) is 0 Å². The van der Waals surface area contributed by atoms with Crippen LogP contribution < -0.4 is 0 Å². The third-order valence-corrected chi connectivity index (χ3v) is 0. The molecule has 3 N–H and O–H groups in total. The fraction of sp³-hybridized carbons (Fsp3) is 0. The third-order valence-electron chi connectivity index (χ3n) is 0. The Balaban J connectivity index is -0.0000000800. The zero-order chi connectivity index (χ0) is 4.50. The molecule has 0 aliphatic rings. The van der Waals surface area contributed by atoms with Gasteiger partial charge in [0.1, 0.15) is 0 Å². The Morgan fingerprint density at radius 2 is 1.14 bits per heavy atom. The van der Waals surface area contributed by atoms with E-state index in [-0.39, 0.29) is 41.0 Å². The molecule has 4 nitrogen and oxygen atoms in total. The van der Waals surface area contributed by atoms with Crippen molar-refractivity contribution in [2.75, 3.05) is 0 Å². The summed E-state index contributed by atoms with van der Waals surface area (Å²) in [7, 11) is -4.64. The number of phosphoric acid groups is 1. The van der Waals surface area contributed by atoms with Gasteiger partial charge in [-0.3, -0.25) is 0 Å². The van der Waals surface area contributed by atoms with Crippen molar-refractivity contribution >= 4 is 31.7 Å². The molecule has 0 saturated heterocycles. The molecule has 49 valence electrons. The predicted molar refractivity (Wildman–Crippen MR) is 22.8 cm³/mol. The van der Waals surface area contributed by atoms with Crippen molar-refractivity contribution in [1.29, 1.82) is 0 Å². The van der Waals surface area contributed by atoms with Crippen molar-refractivity contribution < 1.29 is 36.3 Å². The van der Waals surface area contributed by atoms with Gasteiger partial charge in [0.15, 0.2) is 0 Å². The summed E-state index contributed by atoms with van der Waals surface area (Å²) in [4.78, 5) is 21.6. The van der Waals surface area contributed by atoms with Crippen LogP contribution >= 0.6 is 7.82 Å². The summed E-state index contributed by atoms with van der Waals surface area (Å²) >= 11 is 0. The van der Waals surface area contributed by atoms with Crippen LogP contribution in [0.15, 0.2) is 0 Å². The second-order valence-electron chi connectivity index (χ2n) is 0.513. The van der Waals surface area contributed by atoms with Crippen LogP contribution in [0.1, 0.15) is 0 Å². The summed E-state index contributed by atoms with van der Waals surface area (Å²) in [6.45, 7) is 0. The van der Waals surface area contributed by atoms with Gasteiger partial charge in [-0.15, -0.1) is 0 Å². The molecule has 0 spiro atoms. The van der Waals surface area contributed by atoms with Crippen molar-refractivity contribution in [2.24, 2.45) is 0 Å². The van der Waals surface area contributed by atoms with Gasteiger partial charge in [0.05, 0.1) is 0 Å². The average molecular weight is 282 g/mol.